The largest absolute Gasteiger partial charge is 0.481 e. The van der Waals surface area contributed by atoms with E-state index in [1.807, 2.05) is 48.0 Å². The minimum atomic E-state index is -1.06. The monoisotopic (exact) mass is 508 g/mol. The highest BCUT2D eigenvalue weighted by molar-refractivity contribution is 9.10. The molecule has 0 unspecified atom stereocenters. The number of aryl methyl sites for hydroxylation is 3. The van der Waals surface area contributed by atoms with Gasteiger partial charge in [0.15, 0.2) is 6.61 Å². The van der Waals surface area contributed by atoms with Crippen LogP contribution in [0.5, 0.6) is 5.75 Å². The van der Waals surface area contributed by atoms with Gasteiger partial charge in [-0.1, -0.05) is 58.4 Å². The minimum Gasteiger partial charge on any atom is -0.481 e. The lowest BCUT2D eigenvalue weighted by atomic mass is 10.1. The number of halogens is 2. The molecule has 0 saturated heterocycles. The van der Waals surface area contributed by atoms with Gasteiger partial charge in [-0.3, -0.25) is 4.68 Å². The highest BCUT2D eigenvalue weighted by Crippen LogP contribution is 2.36. The quantitative estimate of drug-likeness (QED) is 0.310. The SMILES string of the molecule is Cc1cc(OCC(=O)O)c(-c2cc(-c3cccc(F)c3)n(CCc3ccccc3)n2)cc1Br. The van der Waals surface area contributed by atoms with Gasteiger partial charge >= 0.3 is 5.97 Å². The fourth-order valence-electron chi connectivity index (χ4n) is 3.59. The number of carbonyl (C=O) groups is 1. The first kappa shape index (κ1) is 22.7. The highest BCUT2D eigenvalue weighted by Gasteiger charge is 2.18. The Morgan fingerprint density at radius 1 is 1.09 bits per heavy atom. The Balaban J connectivity index is 1.78. The summed E-state index contributed by atoms with van der Waals surface area (Å²) in [5.74, 6) is -0.958. The Bertz CT molecular complexity index is 1290. The first-order chi connectivity index (χ1) is 15.9. The number of hydrogen-bond acceptors (Lipinski definition) is 3. The molecule has 0 fully saturated rings. The number of hydrogen-bond donors (Lipinski definition) is 1. The van der Waals surface area contributed by atoms with Crippen molar-refractivity contribution >= 4 is 21.9 Å². The number of benzene rings is 3. The number of carboxylic acids is 1. The van der Waals surface area contributed by atoms with Crippen LogP contribution in [0.2, 0.25) is 0 Å². The van der Waals surface area contributed by atoms with Crippen molar-refractivity contribution in [2.45, 2.75) is 19.9 Å². The molecule has 3 aromatic carbocycles. The summed E-state index contributed by atoms with van der Waals surface area (Å²) in [6, 6.07) is 22.0. The van der Waals surface area contributed by atoms with Gasteiger partial charge in [0.05, 0.1) is 11.4 Å². The molecule has 0 atom stereocenters. The summed E-state index contributed by atoms with van der Waals surface area (Å²) in [6.07, 6.45) is 0.754. The van der Waals surface area contributed by atoms with E-state index >= 15 is 0 Å². The molecular formula is C26H22BrFN2O3. The van der Waals surface area contributed by atoms with E-state index in [1.54, 1.807) is 12.1 Å². The second-order valence-electron chi connectivity index (χ2n) is 7.66. The van der Waals surface area contributed by atoms with Crippen molar-refractivity contribution in [1.82, 2.24) is 9.78 Å². The van der Waals surface area contributed by atoms with Gasteiger partial charge in [0.2, 0.25) is 0 Å². The molecule has 0 radical (unpaired) electrons. The standard InChI is InChI=1S/C26H22BrFN2O3/c1-17-12-25(33-16-26(31)32)21(14-22(17)27)23-15-24(19-8-5-9-20(28)13-19)30(29-23)11-10-18-6-3-2-4-7-18/h2-9,12-15H,10-11,16H2,1H3,(H,31,32). The van der Waals surface area contributed by atoms with Crippen LogP contribution in [0.1, 0.15) is 11.1 Å². The van der Waals surface area contributed by atoms with Gasteiger partial charge in [0.1, 0.15) is 11.6 Å². The summed E-state index contributed by atoms with van der Waals surface area (Å²) in [5.41, 5.74) is 4.83. The fraction of sp³-hybridized carbons (Fsp3) is 0.154. The predicted octanol–water partition coefficient (Wildman–Crippen LogP) is 6.13. The van der Waals surface area contributed by atoms with Crippen molar-refractivity contribution in [3.05, 3.63) is 94.2 Å². The lowest BCUT2D eigenvalue weighted by Crippen LogP contribution is -2.10. The second kappa shape index (κ2) is 10.0. The number of ether oxygens (including phenoxy) is 1. The Morgan fingerprint density at radius 3 is 2.61 bits per heavy atom. The zero-order chi connectivity index (χ0) is 23.4. The van der Waals surface area contributed by atoms with Crippen molar-refractivity contribution in [1.29, 1.82) is 0 Å². The lowest BCUT2D eigenvalue weighted by molar-refractivity contribution is -0.139. The topological polar surface area (TPSA) is 64.3 Å². The molecule has 0 bridgehead atoms. The first-order valence-corrected chi connectivity index (χ1v) is 11.2. The third-order valence-corrected chi connectivity index (χ3v) is 6.10. The molecule has 1 aromatic heterocycles. The number of rotatable bonds is 8. The van der Waals surface area contributed by atoms with E-state index in [4.69, 9.17) is 14.9 Å². The normalized spacial score (nSPS) is 10.9. The van der Waals surface area contributed by atoms with Crippen molar-refractivity contribution in [2.24, 2.45) is 0 Å². The summed E-state index contributed by atoms with van der Waals surface area (Å²) < 4.78 is 22.3. The maximum atomic E-state index is 14.0. The van der Waals surface area contributed by atoms with Crippen LogP contribution >= 0.6 is 15.9 Å². The van der Waals surface area contributed by atoms with Crippen molar-refractivity contribution in [3.63, 3.8) is 0 Å². The Kier molecular flexibility index (Phi) is 6.89. The van der Waals surface area contributed by atoms with Gasteiger partial charge in [-0.05, 0) is 54.8 Å². The van der Waals surface area contributed by atoms with Crippen LogP contribution in [0.3, 0.4) is 0 Å². The molecule has 1 heterocycles. The molecule has 0 amide bonds. The van der Waals surface area contributed by atoms with E-state index in [2.05, 4.69) is 28.1 Å². The van der Waals surface area contributed by atoms with Crippen LogP contribution < -0.4 is 4.74 Å². The molecule has 4 aromatic rings. The number of carboxylic acid groups (broad SMARTS) is 1. The maximum absolute atomic E-state index is 14.0. The molecular weight excluding hydrogens is 487 g/mol. The van der Waals surface area contributed by atoms with Crippen LogP contribution in [0.15, 0.2) is 77.3 Å². The molecule has 0 aliphatic heterocycles. The third-order valence-electron chi connectivity index (χ3n) is 5.24. The number of aromatic nitrogens is 2. The average Bonchev–Trinajstić information content (AvgIpc) is 3.23. The van der Waals surface area contributed by atoms with Crippen molar-refractivity contribution in [2.75, 3.05) is 6.61 Å². The smallest absolute Gasteiger partial charge is 0.341 e. The zero-order valence-corrected chi connectivity index (χ0v) is 19.5. The summed E-state index contributed by atoms with van der Waals surface area (Å²) in [7, 11) is 0. The maximum Gasteiger partial charge on any atom is 0.341 e. The lowest BCUT2D eigenvalue weighted by Gasteiger charge is -2.11. The molecule has 0 spiro atoms. The molecule has 4 rings (SSSR count). The van der Waals surface area contributed by atoms with Gasteiger partial charge in [-0.2, -0.15) is 5.10 Å². The Labute approximate surface area is 199 Å². The van der Waals surface area contributed by atoms with Gasteiger partial charge in [0.25, 0.3) is 0 Å². The van der Waals surface area contributed by atoms with Crippen LogP contribution in [-0.4, -0.2) is 27.5 Å². The van der Waals surface area contributed by atoms with Crippen LogP contribution in [-0.2, 0) is 17.8 Å². The molecule has 0 aliphatic rings. The summed E-state index contributed by atoms with van der Waals surface area (Å²) in [4.78, 5) is 11.1. The van der Waals surface area contributed by atoms with E-state index in [9.17, 15) is 9.18 Å². The Morgan fingerprint density at radius 2 is 1.88 bits per heavy atom. The van der Waals surface area contributed by atoms with Gasteiger partial charge < -0.3 is 9.84 Å². The van der Waals surface area contributed by atoms with Gasteiger partial charge in [-0.25, -0.2) is 9.18 Å². The van der Waals surface area contributed by atoms with Crippen molar-refractivity contribution in [3.8, 4) is 28.3 Å². The zero-order valence-electron chi connectivity index (χ0n) is 18.0. The molecule has 168 valence electrons. The molecule has 0 saturated carbocycles. The van der Waals surface area contributed by atoms with Crippen LogP contribution in [0.4, 0.5) is 4.39 Å². The van der Waals surface area contributed by atoms with E-state index in [0.29, 0.717) is 29.1 Å². The summed E-state index contributed by atoms with van der Waals surface area (Å²) in [5, 5.41) is 13.9. The van der Waals surface area contributed by atoms with Crippen LogP contribution in [0.25, 0.3) is 22.5 Å². The minimum absolute atomic E-state index is 0.326. The number of aliphatic carboxylic acids is 1. The van der Waals surface area contributed by atoms with Crippen molar-refractivity contribution < 1.29 is 19.0 Å². The first-order valence-electron chi connectivity index (χ1n) is 10.4. The molecule has 33 heavy (non-hydrogen) atoms. The van der Waals surface area contributed by atoms with E-state index in [0.717, 1.165) is 22.2 Å². The molecule has 0 aliphatic carbocycles. The third kappa shape index (κ3) is 5.49. The van der Waals surface area contributed by atoms with Gasteiger partial charge in [0, 0.05) is 22.1 Å². The molecule has 1 N–H and O–H groups in total. The van der Waals surface area contributed by atoms with Gasteiger partial charge in [-0.15, -0.1) is 0 Å². The van der Waals surface area contributed by atoms with E-state index in [-0.39, 0.29) is 5.82 Å². The van der Waals surface area contributed by atoms with E-state index < -0.39 is 12.6 Å². The van der Waals surface area contributed by atoms with E-state index in [1.165, 1.54) is 17.7 Å². The predicted molar refractivity (Wildman–Crippen MR) is 129 cm³/mol. The number of nitrogens with zero attached hydrogens (tertiary/aromatic N) is 2. The Hall–Kier alpha value is -3.45. The average molecular weight is 509 g/mol. The summed E-state index contributed by atoms with van der Waals surface area (Å²) >= 11 is 3.54. The highest BCUT2D eigenvalue weighted by atomic mass is 79.9. The second-order valence-corrected chi connectivity index (χ2v) is 8.52. The summed E-state index contributed by atoms with van der Waals surface area (Å²) in [6.45, 7) is 2.03. The van der Waals surface area contributed by atoms with Crippen LogP contribution in [0, 0.1) is 12.7 Å². The molecule has 7 heteroatoms. The fourth-order valence-corrected chi connectivity index (χ4v) is 3.94. The molecule has 5 nitrogen and oxygen atoms in total.